The molecule has 1 aromatic carbocycles. The van der Waals surface area contributed by atoms with E-state index in [1.54, 1.807) is 41.6 Å². The third kappa shape index (κ3) is 3.92. The molecule has 2 aromatic heterocycles. The molecule has 27 heavy (non-hydrogen) atoms. The highest BCUT2D eigenvalue weighted by Gasteiger charge is 2.15. The lowest BCUT2D eigenvalue weighted by Gasteiger charge is -2.20. The fourth-order valence-corrected chi connectivity index (χ4v) is 3.02. The molecule has 0 bridgehead atoms. The van der Waals surface area contributed by atoms with Crippen LogP contribution in [0.5, 0.6) is 11.5 Å². The summed E-state index contributed by atoms with van der Waals surface area (Å²) >= 11 is 0. The Morgan fingerprint density at radius 2 is 2.04 bits per heavy atom. The van der Waals surface area contributed by atoms with Gasteiger partial charge in [0.05, 0.1) is 0 Å². The SMILES string of the molecule is C[C@H](Cc1ccc2c(c1)OCCO2)NC(=O)c1ccnc(-n2ccnc2)c1. The Kier molecular flexibility index (Phi) is 4.74. The fourth-order valence-electron chi connectivity index (χ4n) is 3.02. The molecule has 7 nitrogen and oxygen atoms in total. The van der Waals surface area contributed by atoms with Crippen molar-refractivity contribution in [2.45, 2.75) is 19.4 Å². The lowest BCUT2D eigenvalue weighted by atomic mass is 10.1. The van der Waals surface area contributed by atoms with Gasteiger partial charge in [-0.15, -0.1) is 0 Å². The van der Waals surface area contributed by atoms with Gasteiger partial charge in [-0.2, -0.15) is 0 Å². The van der Waals surface area contributed by atoms with E-state index >= 15 is 0 Å². The van der Waals surface area contributed by atoms with Gasteiger partial charge >= 0.3 is 0 Å². The number of pyridine rings is 1. The van der Waals surface area contributed by atoms with Crippen molar-refractivity contribution in [1.29, 1.82) is 0 Å². The lowest BCUT2D eigenvalue weighted by molar-refractivity contribution is 0.0940. The van der Waals surface area contributed by atoms with Gasteiger partial charge in [0.25, 0.3) is 5.91 Å². The smallest absolute Gasteiger partial charge is 0.251 e. The summed E-state index contributed by atoms with van der Waals surface area (Å²) in [5, 5.41) is 3.03. The molecule has 0 unspecified atom stereocenters. The minimum atomic E-state index is -0.135. The van der Waals surface area contributed by atoms with E-state index in [0.717, 1.165) is 17.1 Å². The Labute approximate surface area is 157 Å². The average molecular weight is 364 g/mol. The molecule has 3 aromatic rings. The highest BCUT2D eigenvalue weighted by molar-refractivity contribution is 5.94. The Hall–Kier alpha value is -3.35. The van der Waals surface area contributed by atoms with Crippen LogP contribution < -0.4 is 14.8 Å². The van der Waals surface area contributed by atoms with Crippen LogP contribution in [0.2, 0.25) is 0 Å². The number of nitrogens with zero attached hydrogens (tertiary/aromatic N) is 3. The van der Waals surface area contributed by atoms with Gasteiger partial charge in [-0.1, -0.05) is 6.07 Å². The number of amides is 1. The van der Waals surface area contributed by atoms with E-state index in [2.05, 4.69) is 15.3 Å². The molecule has 138 valence electrons. The number of hydrogen-bond donors (Lipinski definition) is 1. The van der Waals surface area contributed by atoms with Crippen molar-refractivity contribution >= 4 is 5.91 Å². The van der Waals surface area contributed by atoms with Gasteiger partial charge in [0.1, 0.15) is 25.4 Å². The second kappa shape index (κ2) is 7.49. The topological polar surface area (TPSA) is 78.3 Å². The first-order valence-electron chi connectivity index (χ1n) is 8.83. The zero-order valence-corrected chi connectivity index (χ0v) is 15.0. The number of benzene rings is 1. The number of hydrogen-bond acceptors (Lipinski definition) is 5. The van der Waals surface area contributed by atoms with Crippen LogP contribution in [-0.4, -0.2) is 39.7 Å². The van der Waals surface area contributed by atoms with Crippen LogP contribution in [0.15, 0.2) is 55.2 Å². The summed E-state index contributed by atoms with van der Waals surface area (Å²) in [4.78, 5) is 20.9. The first-order chi connectivity index (χ1) is 13.2. The molecular formula is C20H20N4O3. The van der Waals surface area contributed by atoms with Crippen molar-refractivity contribution in [2.24, 2.45) is 0 Å². The van der Waals surface area contributed by atoms with Gasteiger partial charge in [0, 0.05) is 30.2 Å². The first-order valence-corrected chi connectivity index (χ1v) is 8.83. The summed E-state index contributed by atoms with van der Waals surface area (Å²) in [6.07, 6.45) is 7.42. The van der Waals surface area contributed by atoms with Gasteiger partial charge in [-0.05, 0) is 43.2 Å². The van der Waals surface area contributed by atoms with Crippen LogP contribution in [0, 0.1) is 0 Å². The summed E-state index contributed by atoms with van der Waals surface area (Å²) in [5.41, 5.74) is 1.64. The van der Waals surface area contributed by atoms with E-state index in [9.17, 15) is 4.79 Å². The fraction of sp³-hybridized carbons (Fsp3) is 0.250. The van der Waals surface area contributed by atoms with Gasteiger partial charge < -0.3 is 14.8 Å². The summed E-state index contributed by atoms with van der Waals surface area (Å²) in [5.74, 6) is 2.05. The maximum atomic E-state index is 12.6. The number of carbonyl (C=O) groups excluding carboxylic acids is 1. The Morgan fingerprint density at radius 1 is 1.19 bits per heavy atom. The monoisotopic (exact) mass is 364 g/mol. The summed E-state index contributed by atoms with van der Waals surface area (Å²) in [6.45, 7) is 3.11. The zero-order valence-electron chi connectivity index (χ0n) is 15.0. The van der Waals surface area contributed by atoms with Gasteiger partial charge in [0.2, 0.25) is 0 Å². The summed E-state index contributed by atoms with van der Waals surface area (Å²) in [7, 11) is 0. The molecule has 7 heteroatoms. The van der Waals surface area contributed by atoms with Crippen molar-refractivity contribution in [2.75, 3.05) is 13.2 Å². The van der Waals surface area contributed by atoms with Gasteiger partial charge in [-0.25, -0.2) is 9.97 Å². The molecule has 1 N–H and O–H groups in total. The van der Waals surface area contributed by atoms with Crippen LogP contribution in [0.3, 0.4) is 0 Å². The average Bonchev–Trinajstić information content (AvgIpc) is 3.23. The summed E-state index contributed by atoms with van der Waals surface area (Å²) < 4.78 is 12.9. The van der Waals surface area contributed by atoms with Crippen LogP contribution in [0.25, 0.3) is 5.82 Å². The maximum Gasteiger partial charge on any atom is 0.251 e. The number of nitrogens with one attached hydrogen (secondary N) is 1. The zero-order chi connectivity index (χ0) is 18.6. The molecular weight excluding hydrogens is 344 g/mol. The van der Waals surface area contributed by atoms with Crippen LogP contribution >= 0.6 is 0 Å². The van der Waals surface area contributed by atoms with Crippen molar-refractivity contribution in [3.63, 3.8) is 0 Å². The molecule has 1 amide bonds. The molecule has 0 radical (unpaired) electrons. The quantitative estimate of drug-likeness (QED) is 0.752. The number of imidazole rings is 1. The third-order valence-corrected chi connectivity index (χ3v) is 4.30. The Morgan fingerprint density at radius 3 is 2.85 bits per heavy atom. The number of fused-ring (bicyclic) bond motifs is 1. The normalized spacial score (nSPS) is 13.8. The molecule has 0 spiro atoms. The highest BCUT2D eigenvalue weighted by atomic mass is 16.6. The van der Waals surface area contributed by atoms with Crippen LogP contribution in [-0.2, 0) is 6.42 Å². The van der Waals surface area contributed by atoms with Crippen molar-refractivity contribution in [3.8, 4) is 17.3 Å². The number of aromatic nitrogens is 3. The second-order valence-corrected chi connectivity index (χ2v) is 6.43. The predicted octanol–water partition coefficient (Wildman–Crippen LogP) is 2.40. The highest BCUT2D eigenvalue weighted by Crippen LogP contribution is 2.31. The molecule has 1 atom stereocenters. The maximum absolute atomic E-state index is 12.6. The van der Waals surface area contributed by atoms with Gasteiger partial charge in [-0.3, -0.25) is 9.36 Å². The first kappa shape index (κ1) is 17.1. The van der Waals surface area contributed by atoms with Crippen LogP contribution in [0.1, 0.15) is 22.8 Å². The largest absolute Gasteiger partial charge is 0.486 e. The minimum Gasteiger partial charge on any atom is -0.486 e. The molecule has 0 aliphatic carbocycles. The molecule has 1 aliphatic heterocycles. The number of ether oxygens (including phenoxy) is 2. The van der Waals surface area contributed by atoms with Crippen molar-refractivity contribution < 1.29 is 14.3 Å². The second-order valence-electron chi connectivity index (χ2n) is 6.43. The lowest BCUT2D eigenvalue weighted by Crippen LogP contribution is -2.34. The van der Waals surface area contributed by atoms with Crippen LogP contribution in [0.4, 0.5) is 0 Å². The molecule has 4 rings (SSSR count). The Bertz CT molecular complexity index is 940. The van der Waals surface area contributed by atoms with E-state index < -0.39 is 0 Å². The number of carbonyl (C=O) groups is 1. The molecule has 0 fully saturated rings. The van der Waals surface area contributed by atoms with E-state index in [0.29, 0.717) is 31.0 Å². The minimum absolute atomic E-state index is 0.0371. The van der Waals surface area contributed by atoms with E-state index in [1.807, 2.05) is 25.1 Å². The Balaban J connectivity index is 1.41. The standard InChI is InChI=1S/C20H20N4O3/c1-14(10-15-2-3-17-18(11-15)27-9-8-26-17)23-20(25)16-4-5-22-19(12-16)24-7-6-21-13-24/h2-7,11-14H,8-10H2,1H3,(H,23,25)/t14-/m1/s1. The third-order valence-electron chi connectivity index (χ3n) is 4.30. The van der Waals surface area contributed by atoms with E-state index in [-0.39, 0.29) is 11.9 Å². The van der Waals surface area contributed by atoms with E-state index in [4.69, 9.17) is 9.47 Å². The molecule has 3 heterocycles. The number of rotatable bonds is 5. The van der Waals surface area contributed by atoms with E-state index in [1.165, 1.54) is 0 Å². The molecule has 0 saturated carbocycles. The van der Waals surface area contributed by atoms with Crippen molar-refractivity contribution in [1.82, 2.24) is 19.9 Å². The van der Waals surface area contributed by atoms with Gasteiger partial charge in [0.15, 0.2) is 11.5 Å². The van der Waals surface area contributed by atoms with Crippen molar-refractivity contribution in [3.05, 3.63) is 66.4 Å². The predicted molar refractivity (Wildman–Crippen MR) is 99.4 cm³/mol. The molecule has 1 aliphatic rings. The summed E-state index contributed by atoms with van der Waals surface area (Å²) in [6, 6.07) is 9.30. The molecule has 0 saturated heterocycles.